The predicted octanol–water partition coefficient (Wildman–Crippen LogP) is 4.94. The Morgan fingerprint density at radius 3 is 2.78 bits per heavy atom. The average molecular weight is 625 g/mol. The van der Waals surface area contributed by atoms with Crippen LogP contribution in [0.4, 0.5) is 27.8 Å². The molecule has 0 unspecified atom stereocenters. The van der Waals surface area contributed by atoms with Crippen molar-refractivity contribution in [2.45, 2.75) is 49.4 Å². The lowest BCUT2D eigenvalue weighted by molar-refractivity contribution is -0.0301. The molecule has 3 saturated heterocycles. The summed E-state index contributed by atoms with van der Waals surface area (Å²) < 4.78 is 81.3. The highest BCUT2D eigenvalue weighted by Crippen LogP contribution is 2.42. The zero-order chi connectivity index (χ0) is 31.7. The quantitative estimate of drug-likeness (QED) is 0.238. The van der Waals surface area contributed by atoms with Gasteiger partial charge in [0.2, 0.25) is 0 Å². The summed E-state index contributed by atoms with van der Waals surface area (Å²) in [5.74, 6) is -2.92. The maximum atomic E-state index is 16.6. The van der Waals surface area contributed by atoms with Gasteiger partial charge >= 0.3 is 6.01 Å². The number of hydrogen-bond acceptors (Lipinski definition) is 8. The zero-order valence-corrected chi connectivity index (χ0v) is 24.0. The molecule has 13 heteroatoms. The Balaban J connectivity index is 1.39. The number of benzene rings is 2. The number of hydrogen-bond donors (Lipinski definition) is 2. The molecule has 3 atom stereocenters. The van der Waals surface area contributed by atoms with Gasteiger partial charge in [-0.15, -0.1) is 6.42 Å². The number of nitrogens with two attached hydrogens (primary N) is 1. The van der Waals surface area contributed by atoms with Gasteiger partial charge in [-0.3, -0.25) is 9.88 Å². The predicted molar refractivity (Wildman–Crippen MR) is 158 cm³/mol. The molecule has 0 bridgehead atoms. The first-order chi connectivity index (χ1) is 21.5. The van der Waals surface area contributed by atoms with E-state index in [1.807, 2.05) is 4.90 Å². The van der Waals surface area contributed by atoms with Crippen LogP contribution in [-0.4, -0.2) is 81.4 Å². The Morgan fingerprint density at radius 2 is 2.00 bits per heavy atom. The number of terminal acetylenes is 1. The molecular formula is C32H29F5N6O2. The number of phenolic OH excluding ortho intramolecular Hbond substituents is 1. The van der Waals surface area contributed by atoms with Crippen LogP contribution >= 0.6 is 0 Å². The van der Waals surface area contributed by atoms with Crippen LogP contribution in [0.2, 0.25) is 0 Å². The third-order valence-corrected chi connectivity index (χ3v) is 9.28. The Morgan fingerprint density at radius 1 is 1.18 bits per heavy atom. The summed E-state index contributed by atoms with van der Waals surface area (Å²) in [6.45, 7) is 0.374. The van der Waals surface area contributed by atoms with Crippen molar-refractivity contribution in [3.05, 3.63) is 47.7 Å². The molecule has 234 valence electrons. The number of phenols is 1. The van der Waals surface area contributed by atoms with Gasteiger partial charge in [-0.2, -0.15) is 9.97 Å². The van der Waals surface area contributed by atoms with Crippen molar-refractivity contribution in [2.75, 3.05) is 37.7 Å². The number of fused-ring (bicyclic) bond motifs is 3. The summed E-state index contributed by atoms with van der Waals surface area (Å²) in [5.41, 5.74) is 4.37. The molecule has 0 saturated carbocycles. The molecule has 0 aliphatic carbocycles. The Labute approximate surface area is 255 Å². The van der Waals surface area contributed by atoms with Crippen LogP contribution in [0.3, 0.4) is 0 Å². The number of pyridine rings is 1. The minimum absolute atomic E-state index is 0.00962. The number of anilines is 1. The van der Waals surface area contributed by atoms with Crippen LogP contribution in [0.25, 0.3) is 32.9 Å². The SMILES string of the molecule is C#Cc1c(F)ccc2cc(O)cc(-c3ncc4c(N5CC[C@H](N)C(F)(F)C5)nc(OC[C@@]56CCCN5C[C@H](F)C6)nc4c3F)c12. The topological polar surface area (TPSA) is 101 Å². The Kier molecular flexibility index (Phi) is 6.98. The smallest absolute Gasteiger partial charge is 0.319 e. The van der Waals surface area contributed by atoms with Gasteiger partial charge in [-0.1, -0.05) is 12.0 Å². The second-order valence-corrected chi connectivity index (χ2v) is 12.1. The second-order valence-electron chi connectivity index (χ2n) is 12.1. The number of rotatable bonds is 5. The normalized spacial score (nSPS) is 24.7. The van der Waals surface area contributed by atoms with E-state index in [2.05, 4.69) is 20.9 Å². The first-order valence-electron chi connectivity index (χ1n) is 14.7. The van der Waals surface area contributed by atoms with E-state index in [0.717, 1.165) is 19.0 Å². The van der Waals surface area contributed by atoms with Crippen LogP contribution in [0, 0.1) is 24.0 Å². The molecule has 3 aliphatic rings. The number of ether oxygens (including phenoxy) is 1. The monoisotopic (exact) mass is 624 g/mol. The van der Waals surface area contributed by atoms with Crippen molar-refractivity contribution in [3.8, 4) is 35.4 Å². The second kappa shape index (κ2) is 10.7. The molecule has 0 spiro atoms. The van der Waals surface area contributed by atoms with Crippen molar-refractivity contribution in [1.29, 1.82) is 0 Å². The van der Waals surface area contributed by atoms with Gasteiger partial charge in [-0.25, -0.2) is 22.0 Å². The van der Waals surface area contributed by atoms with Gasteiger partial charge in [-0.05, 0) is 49.4 Å². The molecule has 3 fully saturated rings. The lowest BCUT2D eigenvalue weighted by Crippen LogP contribution is -2.55. The van der Waals surface area contributed by atoms with Crippen LogP contribution in [-0.2, 0) is 0 Å². The van der Waals surface area contributed by atoms with Crippen molar-refractivity contribution in [2.24, 2.45) is 5.73 Å². The number of piperidine rings is 1. The highest BCUT2D eigenvalue weighted by Gasteiger charge is 2.49. The first kappa shape index (κ1) is 29.4. The van der Waals surface area contributed by atoms with E-state index in [0.29, 0.717) is 11.8 Å². The molecule has 7 rings (SSSR count). The molecule has 45 heavy (non-hydrogen) atoms. The summed E-state index contributed by atoms with van der Waals surface area (Å²) in [6, 6.07) is 3.50. The maximum absolute atomic E-state index is 16.6. The van der Waals surface area contributed by atoms with Crippen molar-refractivity contribution >= 4 is 27.5 Å². The van der Waals surface area contributed by atoms with Gasteiger partial charge in [0.05, 0.1) is 29.1 Å². The Bertz CT molecular complexity index is 1880. The molecule has 2 aromatic carbocycles. The number of nitrogens with zero attached hydrogens (tertiary/aromatic N) is 5. The van der Waals surface area contributed by atoms with Crippen LogP contribution in [0.1, 0.15) is 31.2 Å². The molecule has 4 aromatic rings. The van der Waals surface area contributed by atoms with Gasteiger partial charge in [0.15, 0.2) is 5.82 Å². The van der Waals surface area contributed by atoms with Crippen LogP contribution in [0.5, 0.6) is 11.8 Å². The summed E-state index contributed by atoms with van der Waals surface area (Å²) >= 11 is 0. The van der Waals surface area contributed by atoms with Crippen LogP contribution in [0.15, 0.2) is 30.5 Å². The minimum atomic E-state index is -3.25. The zero-order valence-electron chi connectivity index (χ0n) is 24.0. The van der Waals surface area contributed by atoms with E-state index in [1.54, 1.807) is 0 Å². The Hall–Kier alpha value is -4.28. The van der Waals surface area contributed by atoms with E-state index in [1.165, 1.54) is 29.3 Å². The fraction of sp³-hybridized carbons (Fsp3) is 0.406. The first-order valence-corrected chi connectivity index (χ1v) is 14.7. The number of aromatic hydroxyl groups is 1. The third kappa shape index (κ3) is 4.87. The molecule has 2 aromatic heterocycles. The summed E-state index contributed by atoms with van der Waals surface area (Å²) in [4.78, 5) is 16.4. The summed E-state index contributed by atoms with van der Waals surface area (Å²) in [5, 5.41) is 11.0. The third-order valence-electron chi connectivity index (χ3n) is 9.28. The maximum Gasteiger partial charge on any atom is 0.319 e. The van der Waals surface area contributed by atoms with E-state index in [4.69, 9.17) is 16.9 Å². The fourth-order valence-electron chi connectivity index (χ4n) is 7.05. The van der Waals surface area contributed by atoms with E-state index >= 15 is 4.39 Å². The van der Waals surface area contributed by atoms with Crippen LogP contribution < -0.4 is 15.4 Å². The highest BCUT2D eigenvalue weighted by atomic mass is 19.3. The molecule has 3 N–H and O–H groups in total. The van der Waals surface area contributed by atoms with E-state index < -0.39 is 41.9 Å². The lowest BCUT2D eigenvalue weighted by Gasteiger charge is -2.37. The standard InChI is InChI=1S/C32H29F5N6O2/c1-2-20-23(34)5-4-17-10-19(44)11-21(25(17)20)27-26(35)28-22(13-39-27)29(42-9-6-24(38)32(36,37)15-42)41-30(40-28)45-16-31-7-3-8-43(31)14-18(33)12-31/h1,4-5,10-11,13,18,24,44H,3,6-9,12,14-16,38H2/t18-,24+,31+/m1/s1. The summed E-state index contributed by atoms with van der Waals surface area (Å²) in [7, 11) is 0. The largest absolute Gasteiger partial charge is 0.508 e. The number of alkyl halides is 3. The van der Waals surface area contributed by atoms with Crippen molar-refractivity contribution in [3.63, 3.8) is 0 Å². The average Bonchev–Trinajstić information content (AvgIpc) is 3.53. The van der Waals surface area contributed by atoms with Crippen molar-refractivity contribution < 1.29 is 31.8 Å². The fourth-order valence-corrected chi connectivity index (χ4v) is 7.05. The molecule has 0 amide bonds. The highest BCUT2D eigenvalue weighted by molar-refractivity contribution is 6.03. The van der Waals surface area contributed by atoms with Gasteiger partial charge < -0.3 is 20.5 Å². The molecule has 3 aliphatic heterocycles. The van der Waals surface area contributed by atoms with E-state index in [-0.39, 0.29) is 83.2 Å². The number of aromatic nitrogens is 3. The van der Waals surface area contributed by atoms with E-state index in [9.17, 15) is 22.7 Å². The molecule has 8 nitrogen and oxygen atoms in total. The van der Waals surface area contributed by atoms with Gasteiger partial charge in [0.1, 0.15) is 41.4 Å². The van der Waals surface area contributed by atoms with Gasteiger partial charge in [0.25, 0.3) is 5.92 Å². The molecule has 5 heterocycles. The molecular weight excluding hydrogens is 595 g/mol. The number of halogens is 5. The minimum Gasteiger partial charge on any atom is -0.508 e. The van der Waals surface area contributed by atoms with Gasteiger partial charge in [0, 0.05) is 36.7 Å². The molecule has 0 radical (unpaired) electrons. The van der Waals surface area contributed by atoms with Crippen molar-refractivity contribution in [1.82, 2.24) is 19.9 Å². The summed E-state index contributed by atoms with van der Waals surface area (Å²) in [6.07, 6.45) is 7.63. The lowest BCUT2D eigenvalue weighted by atomic mass is 9.95.